The Morgan fingerprint density at radius 1 is 1.25 bits per heavy atom. The summed E-state index contributed by atoms with van der Waals surface area (Å²) in [6, 6.07) is 5.11. The average Bonchev–Trinajstić information content (AvgIpc) is 2.46. The number of carbonyl (C=O) groups excluding carboxylic acids is 1. The van der Waals surface area contributed by atoms with Crippen molar-refractivity contribution in [2.45, 2.75) is 6.42 Å². The molecule has 1 rings (SSSR count). The SMILES string of the molecule is COCCOCCCNc1ccc(N)cc1C(=O)OC. The summed E-state index contributed by atoms with van der Waals surface area (Å²) in [4.78, 5) is 11.6. The molecule has 3 N–H and O–H groups in total. The lowest BCUT2D eigenvalue weighted by Gasteiger charge is -2.11. The number of hydrogen-bond donors (Lipinski definition) is 2. The lowest BCUT2D eigenvalue weighted by molar-refractivity contribution is 0.0602. The molecule has 0 bridgehead atoms. The highest BCUT2D eigenvalue weighted by atomic mass is 16.5. The highest BCUT2D eigenvalue weighted by Crippen LogP contribution is 2.19. The minimum absolute atomic E-state index is 0.406. The Labute approximate surface area is 119 Å². The minimum atomic E-state index is -0.406. The van der Waals surface area contributed by atoms with Crippen LogP contribution in [-0.4, -0.2) is 46.6 Å². The molecule has 6 heteroatoms. The van der Waals surface area contributed by atoms with Gasteiger partial charge in [0.15, 0.2) is 0 Å². The van der Waals surface area contributed by atoms with Gasteiger partial charge in [0.05, 0.1) is 25.9 Å². The fourth-order valence-corrected chi connectivity index (χ4v) is 1.64. The van der Waals surface area contributed by atoms with Gasteiger partial charge >= 0.3 is 5.97 Å². The van der Waals surface area contributed by atoms with E-state index in [4.69, 9.17) is 19.9 Å². The van der Waals surface area contributed by atoms with Crippen molar-refractivity contribution in [3.05, 3.63) is 23.8 Å². The van der Waals surface area contributed by atoms with E-state index in [0.29, 0.717) is 43.3 Å². The molecule has 1 aromatic carbocycles. The number of nitrogens with two attached hydrogens (primary N) is 1. The molecule has 0 unspecified atom stereocenters. The van der Waals surface area contributed by atoms with Crippen molar-refractivity contribution in [3.8, 4) is 0 Å². The lowest BCUT2D eigenvalue weighted by atomic mass is 10.1. The van der Waals surface area contributed by atoms with E-state index in [0.717, 1.165) is 6.42 Å². The standard InChI is InChI=1S/C14H22N2O4/c1-18-8-9-20-7-3-6-16-13-5-4-11(15)10-12(13)14(17)19-2/h4-5,10,16H,3,6-9,15H2,1-2H3. The van der Waals surface area contributed by atoms with Crippen molar-refractivity contribution in [3.63, 3.8) is 0 Å². The van der Waals surface area contributed by atoms with Gasteiger partial charge in [-0.3, -0.25) is 0 Å². The van der Waals surface area contributed by atoms with E-state index in [9.17, 15) is 4.79 Å². The molecule has 0 atom stereocenters. The Morgan fingerprint density at radius 3 is 2.75 bits per heavy atom. The molecule has 0 aliphatic carbocycles. The summed E-state index contributed by atoms with van der Waals surface area (Å²) in [7, 11) is 2.99. The molecule has 0 saturated carbocycles. The van der Waals surface area contributed by atoms with E-state index in [-0.39, 0.29) is 0 Å². The molecule has 112 valence electrons. The third kappa shape index (κ3) is 5.46. The number of nitrogen functional groups attached to an aromatic ring is 1. The normalized spacial score (nSPS) is 10.3. The summed E-state index contributed by atoms with van der Waals surface area (Å²) in [5, 5.41) is 3.18. The van der Waals surface area contributed by atoms with E-state index in [1.165, 1.54) is 7.11 Å². The van der Waals surface area contributed by atoms with Crippen LogP contribution in [0.5, 0.6) is 0 Å². The molecule has 0 radical (unpaired) electrons. The smallest absolute Gasteiger partial charge is 0.340 e. The number of hydrogen-bond acceptors (Lipinski definition) is 6. The molecule has 0 heterocycles. The quantitative estimate of drug-likeness (QED) is 0.406. The summed E-state index contributed by atoms with van der Waals surface area (Å²) in [5.41, 5.74) is 7.35. The zero-order valence-electron chi connectivity index (χ0n) is 12.0. The van der Waals surface area contributed by atoms with Gasteiger partial charge in [0.2, 0.25) is 0 Å². The molecule has 0 amide bonds. The Bertz CT molecular complexity index is 424. The maximum atomic E-state index is 11.6. The van der Waals surface area contributed by atoms with Crippen molar-refractivity contribution >= 4 is 17.3 Å². The largest absolute Gasteiger partial charge is 0.465 e. The summed E-state index contributed by atoms with van der Waals surface area (Å²) >= 11 is 0. The third-order valence-electron chi connectivity index (χ3n) is 2.66. The highest BCUT2D eigenvalue weighted by Gasteiger charge is 2.11. The van der Waals surface area contributed by atoms with Gasteiger partial charge in [-0.25, -0.2) is 4.79 Å². The zero-order chi connectivity index (χ0) is 14.8. The second kappa shape index (κ2) is 9.17. The predicted octanol–water partition coefficient (Wildman–Crippen LogP) is 1.52. The van der Waals surface area contributed by atoms with Gasteiger partial charge < -0.3 is 25.3 Å². The number of benzene rings is 1. The number of ether oxygens (including phenoxy) is 3. The molecule has 1 aromatic rings. The van der Waals surface area contributed by atoms with Crippen LogP contribution in [0, 0.1) is 0 Å². The van der Waals surface area contributed by atoms with Crippen LogP contribution in [0.1, 0.15) is 16.8 Å². The topological polar surface area (TPSA) is 82.8 Å². The Hall–Kier alpha value is -1.79. The van der Waals surface area contributed by atoms with E-state index in [2.05, 4.69) is 5.32 Å². The first-order chi connectivity index (χ1) is 9.69. The zero-order valence-corrected chi connectivity index (χ0v) is 12.0. The summed E-state index contributed by atoms with van der Waals surface area (Å²) in [6.07, 6.45) is 0.828. The maximum Gasteiger partial charge on any atom is 0.340 e. The average molecular weight is 282 g/mol. The van der Waals surface area contributed by atoms with Gasteiger partial charge in [0.1, 0.15) is 0 Å². The fourth-order valence-electron chi connectivity index (χ4n) is 1.64. The van der Waals surface area contributed by atoms with E-state index >= 15 is 0 Å². The first kappa shape index (κ1) is 16.3. The van der Waals surface area contributed by atoms with Crippen LogP contribution in [0.3, 0.4) is 0 Å². The monoisotopic (exact) mass is 282 g/mol. The second-order valence-electron chi connectivity index (χ2n) is 4.18. The number of nitrogens with one attached hydrogen (secondary N) is 1. The van der Waals surface area contributed by atoms with E-state index in [1.54, 1.807) is 25.3 Å². The number of methoxy groups -OCH3 is 2. The van der Waals surface area contributed by atoms with Crippen LogP contribution in [-0.2, 0) is 14.2 Å². The number of carbonyl (C=O) groups is 1. The molecule has 0 aliphatic rings. The highest BCUT2D eigenvalue weighted by molar-refractivity contribution is 5.96. The molecular weight excluding hydrogens is 260 g/mol. The van der Waals surface area contributed by atoms with Crippen molar-refractivity contribution < 1.29 is 19.0 Å². The molecular formula is C14H22N2O4. The molecule has 0 aromatic heterocycles. The number of rotatable bonds is 9. The van der Waals surface area contributed by atoms with Crippen LogP contribution in [0.15, 0.2) is 18.2 Å². The molecule has 0 fully saturated rings. The predicted molar refractivity (Wildman–Crippen MR) is 78.0 cm³/mol. The number of anilines is 2. The van der Waals surface area contributed by atoms with Gasteiger partial charge in [-0.05, 0) is 24.6 Å². The molecule has 0 saturated heterocycles. The van der Waals surface area contributed by atoms with Gasteiger partial charge in [0, 0.05) is 31.6 Å². The van der Waals surface area contributed by atoms with Gasteiger partial charge in [-0.15, -0.1) is 0 Å². The molecule has 6 nitrogen and oxygen atoms in total. The van der Waals surface area contributed by atoms with E-state index in [1.807, 2.05) is 0 Å². The fraction of sp³-hybridized carbons (Fsp3) is 0.500. The van der Waals surface area contributed by atoms with Crippen molar-refractivity contribution in [2.75, 3.05) is 51.6 Å². The molecule has 0 spiro atoms. The lowest BCUT2D eigenvalue weighted by Crippen LogP contribution is -2.12. The van der Waals surface area contributed by atoms with Crippen molar-refractivity contribution in [2.24, 2.45) is 0 Å². The van der Waals surface area contributed by atoms with Crippen LogP contribution in [0.2, 0.25) is 0 Å². The van der Waals surface area contributed by atoms with Gasteiger partial charge in [-0.1, -0.05) is 0 Å². The minimum Gasteiger partial charge on any atom is -0.465 e. The van der Waals surface area contributed by atoms with Crippen LogP contribution >= 0.6 is 0 Å². The van der Waals surface area contributed by atoms with Gasteiger partial charge in [-0.2, -0.15) is 0 Å². The second-order valence-corrected chi connectivity index (χ2v) is 4.18. The van der Waals surface area contributed by atoms with Crippen LogP contribution in [0.4, 0.5) is 11.4 Å². The van der Waals surface area contributed by atoms with Crippen molar-refractivity contribution in [1.82, 2.24) is 0 Å². The third-order valence-corrected chi connectivity index (χ3v) is 2.66. The van der Waals surface area contributed by atoms with Crippen molar-refractivity contribution in [1.29, 1.82) is 0 Å². The summed E-state index contributed by atoms with van der Waals surface area (Å²) < 4.78 is 15.0. The Kier molecular flexibility index (Phi) is 7.46. The maximum absolute atomic E-state index is 11.6. The first-order valence-electron chi connectivity index (χ1n) is 6.47. The molecule has 0 aliphatic heterocycles. The summed E-state index contributed by atoms with van der Waals surface area (Å²) in [6.45, 7) is 2.52. The number of esters is 1. The van der Waals surface area contributed by atoms with E-state index < -0.39 is 5.97 Å². The van der Waals surface area contributed by atoms with Crippen LogP contribution in [0.25, 0.3) is 0 Å². The van der Waals surface area contributed by atoms with Crippen LogP contribution < -0.4 is 11.1 Å². The Balaban J connectivity index is 2.41. The molecule has 20 heavy (non-hydrogen) atoms. The Morgan fingerprint density at radius 2 is 2.05 bits per heavy atom. The van der Waals surface area contributed by atoms with Gasteiger partial charge in [0.25, 0.3) is 0 Å². The first-order valence-corrected chi connectivity index (χ1v) is 6.47. The summed E-state index contributed by atoms with van der Waals surface area (Å²) in [5.74, 6) is -0.406.